The van der Waals surface area contributed by atoms with Crippen molar-refractivity contribution in [1.82, 2.24) is 25.5 Å². The molecule has 8 heteroatoms. The van der Waals surface area contributed by atoms with Crippen molar-refractivity contribution in [1.29, 1.82) is 0 Å². The van der Waals surface area contributed by atoms with Crippen molar-refractivity contribution in [3.05, 3.63) is 59.2 Å². The number of thioether (sulfide) groups is 1. The van der Waals surface area contributed by atoms with Crippen molar-refractivity contribution in [2.45, 2.75) is 31.5 Å². The molecule has 0 fully saturated rings. The molecule has 28 heavy (non-hydrogen) atoms. The molecular formula is C20H21N5O2S. The molecule has 1 aromatic heterocycles. The second kappa shape index (κ2) is 8.02. The quantitative estimate of drug-likeness (QED) is 0.646. The third kappa shape index (κ3) is 3.87. The molecule has 3 aromatic rings. The van der Waals surface area contributed by atoms with E-state index in [0.29, 0.717) is 11.7 Å². The lowest BCUT2D eigenvalue weighted by Crippen LogP contribution is -2.35. The first-order chi connectivity index (χ1) is 13.6. The number of hydrogen-bond acceptors (Lipinski definition) is 6. The maximum absolute atomic E-state index is 12.3. The Balaban J connectivity index is 1.32. The summed E-state index contributed by atoms with van der Waals surface area (Å²) in [6, 6.07) is 14.0. The minimum Gasteiger partial charge on any atom is -0.488 e. The van der Waals surface area contributed by atoms with Crippen molar-refractivity contribution >= 4 is 17.7 Å². The van der Waals surface area contributed by atoms with Crippen LogP contribution in [0.1, 0.15) is 16.7 Å². The number of aryl methyl sites for hydroxylation is 2. The van der Waals surface area contributed by atoms with Crippen LogP contribution in [0.4, 0.5) is 0 Å². The summed E-state index contributed by atoms with van der Waals surface area (Å²) in [6.45, 7) is 4.52. The number of fused-ring (bicyclic) bond motifs is 1. The van der Waals surface area contributed by atoms with Crippen LogP contribution < -0.4 is 10.1 Å². The molecule has 1 atom stereocenters. The summed E-state index contributed by atoms with van der Waals surface area (Å²) in [4.78, 5) is 12.3. The van der Waals surface area contributed by atoms with Crippen LogP contribution in [0.3, 0.4) is 0 Å². The van der Waals surface area contributed by atoms with Crippen molar-refractivity contribution in [2.75, 3.05) is 12.3 Å². The summed E-state index contributed by atoms with van der Waals surface area (Å²) in [6.07, 6.45) is 0.792. The van der Waals surface area contributed by atoms with Gasteiger partial charge in [-0.25, -0.2) is 0 Å². The molecule has 0 saturated carbocycles. The van der Waals surface area contributed by atoms with Gasteiger partial charge in [-0.3, -0.25) is 4.79 Å². The highest BCUT2D eigenvalue weighted by Gasteiger charge is 2.23. The van der Waals surface area contributed by atoms with Gasteiger partial charge in [0, 0.05) is 6.42 Å². The second-order valence-corrected chi connectivity index (χ2v) is 7.70. The first-order valence-corrected chi connectivity index (χ1v) is 10.1. The Bertz CT molecular complexity index is 959. The zero-order chi connectivity index (χ0) is 19.5. The van der Waals surface area contributed by atoms with E-state index in [4.69, 9.17) is 4.74 Å². The van der Waals surface area contributed by atoms with Gasteiger partial charge in [-0.15, -0.1) is 5.10 Å². The number of para-hydroxylation sites is 2. The Kier molecular flexibility index (Phi) is 5.29. The van der Waals surface area contributed by atoms with E-state index in [1.165, 1.54) is 17.3 Å². The van der Waals surface area contributed by atoms with Crippen molar-refractivity contribution in [3.63, 3.8) is 0 Å². The molecule has 1 aliphatic rings. The average molecular weight is 395 g/mol. The van der Waals surface area contributed by atoms with Crippen LogP contribution in [0.5, 0.6) is 5.75 Å². The number of hydrogen-bond donors (Lipinski definition) is 1. The number of rotatable bonds is 6. The molecular weight excluding hydrogens is 374 g/mol. The number of nitrogens with one attached hydrogen (secondary N) is 1. The maximum Gasteiger partial charge on any atom is 0.230 e. The van der Waals surface area contributed by atoms with Gasteiger partial charge in [0.05, 0.1) is 18.0 Å². The fourth-order valence-electron chi connectivity index (χ4n) is 3.33. The summed E-state index contributed by atoms with van der Waals surface area (Å²) in [5, 5.41) is 15.5. The number of ether oxygens (including phenoxy) is 1. The predicted molar refractivity (Wildman–Crippen MR) is 107 cm³/mol. The topological polar surface area (TPSA) is 81.9 Å². The van der Waals surface area contributed by atoms with Gasteiger partial charge in [0.2, 0.25) is 11.1 Å². The molecule has 7 nitrogen and oxygen atoms in total. The van der Waals surface area contributed by atoms with Crippen LogP contribution in [0.2, 0.25) is 0 Å². The van der Waals surface area contributed by atoms with E-state index in [9.17, 15) is 4.79 Å². The van der Waals surface area contributed by atoms with Crippen LogP contribution >= 0.6 is 11.8 Å². The van der Waals surface area contributed by atoms with E-state index in [-0.39, 0.29) is 17.8 Å². The number of carbonyl (C=O) groups is 1. The molecule has 2 heterocycles. The molecule has 4 rings (SSSR count). The molecule has 0 radical (unpaired) electrons. The first-order valence-electron chi connectivity index (χ1n) is 9.11. The molecule has 144 valence electrons. The van der Waals surface area contributed by atoms with Crippen LogP contribution in [0.25, 0.3) is 5.69 Å². The lowest BCUT2D eigenvalue weighted by Gasteiger charge is -2.12. The summed E-state index contributed by atoms with van der Waals surface area (Å²) in [7, 11) is 0. The minimum atomic E-state index is -0.0689. The van der Waals surface area contributed by atoms with Crippen molar-refractivity contribution in [2.24, 2.45) is 0 Å². The summed E-state index contributed by atoms with van der Waals surface area (Å²) < 4.78 is 7.55. The number of aromatic nitrogens is 4. The third-order valence-corrected chi connectivity index (χ3v) is 5.58. The van der Waals surface area contributed by atoms with Gasteiger partial charge in [-0.05, 0) is 47.0 Å². The van der Waals surface area contributed by atoms with Gasteiger partial charge >= 0.3 is 0 Å². The normalized spacial score (nSPS) is 15.1. The number of amides is 1. The number of nitrogens with zero attached hydrogens (tertiary/aromatic N) is 4. The van der Waals surface area contributed by atoms with Gasteiger partial charge in [0.25, 0.3) is 0 Å². The molecule has 1 aliphatic heterocycles. The van der Waals surface area contributed by atoms with Crippen LogP contribution in [0, 0.1) is 13.8 Å². The summed E-state index contributed by atoms with van der Waals surface area (Å²) in [5.74, 6) is 1.08. The molecule has 2 aromatic carbocycles. The molecule has 0 saturated heterocycles. The Hall–Kier alpha value is -2.87. The lowest BCUT2D eigenvalue weighted by atomic mass is 10.1. The van der Waals surface area contributed by atoms with E-state index < -0.39 is 0 Å². The molecule has 0 bridgehead atoms. The van der Waals surface area contributed by atoms with E-state index in [1.807, 2.05) is 50.2 Å². The molecule has 1 N–H and O–H groups in total. The largest absolute Gasteiger partial charge is 0.488 e. The Morgan fingerprint density at radius 2 is 2.00 bits per heavy atom. The summed E-state index contributed by atoms with van der Waals surface area (Å²) >= 11 is 1.32. The van der Waals surface area contributed by atoms with Gasteiger partial charge in [-0.2, -0.15) is 4.68 Å². The average Bonchev–Trinajstić information content (AvgIpc) is 3.31. The molecule has 1 amide bonds. The zero-order valence-electron chi connectivity index (χ0n) is 15.8. The standard InChI is InChI=1S/C20H21N5O2S/c1-13-6-5-7-14(2)19(13)25-20(22-23-24-25)28-12-18(26)21-11-16-10-15-8-3-4-9-17(15)27-16/h3-9,16H,10-12H2,1-2H3,(H,21,26). The van der Waals surface area contributed by atoms with E-state index >= 15 is 0 Å². The number of benzene rings is 2. The fraction of sp³-hybridized carbons (Fsp3) is 0.300. The highest BCUT2D eigenvalue weighted by Crippen LogP contribution is 2.28. The first kappa shape index (κ1) is 18.5. The monoisotopic (exact) mass is 395 g/mol. The predicted octanol–water partition coefficient (Wildman–Crippen LogP) is 2.49. The van der Waals surface area contributed by atoms with E-state index in [0.717, 1.165) is 29.0 Å². The lowest BCUT2D eigenvalue weighted by molar-refractivity contribution is -0.118. The van der Waals surface area contributed by atoms with Crippen molar-refractivity contribution in [3.8, 4) is 11.4 Å². The van der Waals surface area contributed by atoms with Gasteiger partial charge in [0.15, 0.2) is 0 Å². The highest BCUT2D eigenvalue weighted by atomic mass is 32.2. The number of tetrazole rings is 1. The van der Waals surface area contributed by atoms with Gasteiger partial charge in [-0.1, -0.05) is 48.2 Å². The van der Waals surface area contributed by atoms with Crippen molar-refractivity contribution < 1.29 is 9.53 Å². The minimum absolute atomic E-state index is 0.0220. The molecule has 0 spiro atoms. The van der Waals surface area contributed by atoms with Gasteiger partial charge in [0.1, 0.15) is 11.9 Å². The Morgan fingerprint density at radius 3 is 2.79 bits per heavy atom. The zero-order valence-corrected chi connectivity index (χ0v) is 16.6. The maximum atomic E-state index is 12.3. The van der Waals surface area contributed by atoms with Crippen LogP contribution in [0.15, 0.2) is 47.6 Å². The van der Waals surface area contributed by atoms with Crippen LogP contribution in [-0.4, -0.2) is 44.5 Å². The summed E-state index contributed by atoms with van der Waals surface area (Å²) in [5.41, 5.74) is 4.30. The Morgan fingerprint density at radius 1 is 1.21 bits per heavy atom. The third-order valence-electron chi connectivity index (χ3n) is 4.67. The van der Waals surface area contributed by atoms with Crippen LogP contribution in [-0.2, 0) is 11.2 Å². The van der Waals surface area contributed by atoms with Gasteiger partial charge < -0.3 is 10.1 Å². The Labute approximate surface area is 167 Å². The highest BCUT2D eigenvalue weighted by molar-refractivity contribution is 7.99. The molecule has 0 aliphatic carbocycles. The fourth-order valence-corrected chi connectivity index (χ4v) is 4.03. The van der Waals surface area contributed by atoms with E-state index in [2.05, 4.69) is 26.9 Å². The van der Waals surface area contributed by atoms with E-state index in [1.54, 1.807) is 4.68 Å². The smallest absolute Gasteiger partial charge is 0.230 e. The SMILES string of the molecule is Cc1cccc(C)c1-n1nnnc1SCC(=O)NCC1Cc2ccccc2O1. The molecule has 1 unspecified atom stereocenters. The second-order valence-electron chi connectivity index (χ2n) is 6.76. The number of carbonyl (C=O) groups excluding carboxylic acids is 1.